The minimum atomic E-state index is -0.578. The molecule has 0 radical (unpaired) electrons. The van der Waals surface area contributed by atoms with Gasteiger partial charge in [-0.05, 0) is 53.7 Å². The van der Waals surface area contributed by atoms with Gasteiger partial charge in [-0.2, -0.15) is 0 Å². The lowest BCUT2D eigenvalue weighted by atomic mass is 10.0. The molecule has 0 aliphatic heterocycles. The second-order valence-electron chi connectivity index (χ2n) is 8.37. The standard InChI is InChI=1S/C26H25N5O3/c32-24(30-34)10-6-17-5-8-21-18(15-17)7-9-23(21)31(26(33)25-27-12-13-28-25)14-11-19-16-29-22-4-2-1-3-20(19)22/h1-6,8,10,12-13,15-16,23,29,34H,7,9,11,14H2,(H,27,28)(H,30,32)/b10-6+. The molecule has 0 saturated carbocycles. The van der Waals surface area contributed by atoms with Crippen molar-refractivity contribution in [1.82, 2.24) is 25.3 Å². The molecule has 8 nitrogen and oxygen atoms in total. The van der Waals surface area contributed by atoms with Gasteiger partial charge in [0.05, 0.1) is 6.04 Å². The van der Waals surface area contributed by atoms with Crippen LogP contribution in [0.25, 0.3) is 17.0 Å². The van der Waals surface area contributed by atoms with Crippen LogP contribution in [-0.2, 0) is 17.6 Å². The average Bonchev–Trinajstić information content (AvgIpc) is 3.63. The van der Waals surface area contributed by atoms with E-state index >= 15 is 0 Å². The molecule has 5 rings (SSSR count). The molecular formula is C26H25N5O3. The minimum Gasteiger partial charge on any atom is -0.361 e. The van der Waals surface area contributed by atoms with Crippen LogP contribution in [0.1, 0.15) is 45.3 Å². The Kier molecular flexibility index (Phi) is 5.97. The number of fused-ring (bicyclic) bond motifs is 2. The molecule has 0 fully saturated rings. The number of aromatic amines is 2. The summed E-state index contributed by atoms with van der Waals surface area (Å²) >= 11 is 0. The van der Waals surface area contributed by atoms with Gasteiger partial charge < -0.3 is 14.9 Å². The largest absolute Gasteiger partial charge is 0.361 e. The smallest absolute Gasteiger partial charge is 0.290 e. The molecule has 1 atom stereocenters. The van der Waals surface area contributed by atoms with Crippen LogP contribution in [-0.4, -0.2) is 43.4 Å². The van der Waals surface area contributed by atoms with Crippen LogP contribution in [0.4, 0.5) is 0 Å². The number of aromatic nitrogens is 3. The summed E-state index contributed by atoms with van der Waals surface area (Å²) in [4.78, 5) is 37.1. The molecule has 2 aromatic heterocycles. The minimum absolute atomic E-state index is 0.0587. The fraction of sp³-hybridized carbons (Fsp3) is 0.192. The van der Waals surface area contributed by atoms with Crippen LogP contribution in [0.15, 0.2) is 67.1 Å². The van der Waals surface area contributed by atoms with E-state index < -0.39 is 5.91 Å². The lowest BCUT2D eigenvalue weighted by Crippen LogP contribution is -2.36. The quantitative estimate of drug-likeness (QED) is 0.193. The fourth-order valence-corrected chi connectivity index (χ4v) is 4.75. The molecular weight excluding hydrogens is 430 g/mol. The van der Waals surface area contributed by atoms with Crippen molar-refractivity contribution >= 4 is 28.8 Å². The van der Waals surface area contributed by atoms with E-state index in [4.69, 9.17) is 5.21 Å². The lowest BCUT2D eigenvalue weighted by Gasteiger charge is -2.29. The van der Waals surface area contributed by atoms with Gasteiger partial charge in [-0.3, -0.25) is 14.8 Å². The number of H-pyrrole nitrogens is 2. The molecule has 8 heteroatoms. The molecule has 1 unspecified atom stereocenters. The second kappa shape index (κ2) is 9.36. The van der Waals surface area contributed by atoms with E-state index in [9.17, 15) is 9.59 Å². The molecule has 34 heavy (non-hydrogen) atoms. The maximum absolute atomic E-state index is 13.4. The Hall–Kier alpha value is -4.17. The highest BCUT2D eigenvalue weighted by atomic mass is 16.5. The Labute approximate surface area is 196 Å². The highest BCUT2D eigenvalue weighted by Gasteiger charge is 2.32. The summed E-state index contributed by atoms with van der Waals surface area (Å²) < 4.78 is 0. The van der Waals surface area contributed by atoms with Crippen molar-refractivity contribution in [3.05, 3.63) is 95.2 Å². The Bertz CT molecular complexity index is 1360. The normalized spacial score (nSPS) is 15.0. The summed E-state index contributed by atoms with van der Waals surface area (Å²) in [5.74, 6) is -0.362. The Morgan fingerprint density at radius 3 is 2.91 bits per heavy atom. The number of para-hydroxylation sites is 1. The number of hydroxylamine groups is 1. The van der Waals surface area contributed by atoms with Crippen molar-refractivity contribution in [3.8, 4) is 0 Å². The molecule has 1 aliphatic rings. The van der Waals surface area contributed by atoms with Crippen LogP contribution < -0.4 is 5.48 Å². The second-order valence-corrected chi connectivity index (χ2v) is 8.37. The first-order valence-corrected chi connectivity index (χ1v) is 11.2. The van der Waals surface area contributed by atoms with Gasteiger partial charge in [-0.25, -0.2) is 10.5 Å². The molecule has 2 amide bonds. The molecule has 2 aromatic carbocycles. The zero-order valence-corrected chi connectivity index (χ0v) is 18.5. The number of imidazole rings is 1. The third kappa shape index (κ3) is 4.23. The summed E-state index contributed by atoms with van der Waals surface area (Å²) in [7, 11) is 0. The van der Waals surface area contributed by atoms with Crippen molar-refractivity contribution in [3.63, 3.8) is 0 Å². The summed E-state index contributed by atoms with van der Waals surface area (Å²) in [6.07, 6.45) is 10.6. The molecule has 0 saturated heterocycles. The summed E-state index contributed by atoms with van der Waals surface area (Å²) in [5.41, 5.74) is 6.99. The Morgan fingerprint density at radius 2 is 2.09 bits per heavy atom. The number of benzene rings is 2. The first-order valence-electron chi connectivity index (χ1n) is 11.2. The van der Waals surface area contributed by atoms with E-state index in [1.54, 1.807) is 23.9 Å². The number of nitrogens with zero attached hydrogens (tertiary/aromatic N) is 2. The number of carbonyl (C=O) groups is 2. The van der Waals surface area contributed by atoms with Crippen molar-refractivity contribution in [2.75, 3.05) is 6.54 Å². The highest BCUT2D eigenvalue weighted by Crippen LogP contribution is 2.37. The van der Waals surface area contributed by atoms with Crippen LogP contribution >= 0.6 is 0 Å². The number of aryl methyl sites for hydroxylation is 1. The van der Waals surface area contributed by atoms with E-state index in [0.717, 1.165) is 41.5 Å². The summed E-state index contributed by atoms with van der Waals surface area (Å²) in [6.45, 7) is 0.559. The average molecular weight is 456 g/mol. The predicted octanol–water partition coefficient (Wildman–Crippen LogP) is 3.78. The number of carbonyl (C=O) groups excluding carboxylic acids is 2. The maximum atomic E-state index is 13.4. The van der Waals surface area contributed by atoms with E-state index in [2.05, 4.69) is 21.0 Å². The monoisotopic (exact) mass is 455 g/mol. The van der Waals surface area contributed by atoms with E-state index in [1.807, 2.05) is 47.5 Å². The zero-order chi connectivity index (χ0) is 23.5. The molecule has 4 aromatic rings. The Morgan fingerprint density at radius 1 is 1.21 bits per heavy atom. The first-order chi connectivity index (χ1) is 16.6. The van der Waals surface area contributed by atoms with E-state index in [1.165, 1.54) is 17.0 Å². The molecule has 172 valence electrons. The third-order valence-corrected chi connectivity index (χ3v) is 6.39. The highest BCUT2D eigenvalue weighted by molar-refractivity contribution is 5.91. The van der Waals surface area contributed by atoms with Crippen molar-refractivity contribution in [2.45, 2.75) is 25.3 Å². The number of nitrogens with one attached hydrogen (secondary N) is 3. The topological polar surface area (TPSA) is 114 Å². The molecule has 1 aliphatic carbocycles. The predicted molar refractivity (Wildman–Crippen MR) is 128 cm³/mol. The lowest BCUT2D eigenvalue weighted by molar-refractivity contribution is -0.124. The number of hydrogen-bond acceptors (Lipinski definition) is 4. The van der Waals surface area contributed by atoms with Crippen molar-refractivity contribution in [1.29, 1.82) is 0 Å². The first kappa shape index (κ1) is 21.7. The van der Waals surface area contributed by atoms with Crippen molar-refractivity contribution < 1.29 is 14.8 Å². The number of hydrogen-bond donors (Lipinski definition) is 4. The van der Waals surface area contributed by atoms with Gasteiger partial charge in [-0.15, -0.1) is 0 Å². The molecule has 4 N–H and O–H groups in total. The zero-order valence-electron chi connectivity index (χ0n) is 18.5. The van der Waals surface area contributed by atoms with Gasteiger partial charge in [-0.1, -0.05) is 36.4 Å². The summed E-state index contributed by atoms with van der Waals surface area (Å²) in [6, 6.07) is 14.1. The fourth-order valence-electron chi connectivity index (χ4n) is 4.75. The van der Waals surface area contributed by atoms with Gasteiger partial charge in [0.1, 0.15) is 0 Å². The Balaban J connectivity index is 1.42. The van der Waals surface area contributed by atoms with Crippen LogP contribution in [0.2, 0.25) is 0 Å². The van der Waals surface area contributed by atoms with Crippen LogP contribution in [0, 0.1) is 0 Å². The number of amides is 2. The SMILES string of the molecule is O=C(/C=C/c1ccc2c(c1)CCC2N(CCc1c[nH]c2ccccc12)C(=O)c1ncc[nH]1)NO. The van der Waals surface area contributed by atoms with Crippen LogP contribution in [0.5, 0.6) is 0 Å². The molecule has 2 heterocycles. The van der Waals surface area contributed by atoms with Crippen LogP contribution in [0.3, 0.4) is 0 Å². The maximum Gasteiger partial charge on any atom is 0.290 e. The van der Waals surface area contributed by atoms with Gasteiger partial charge in [0, 0.05) is 42.1 Å². The van der Waals surface area contributed by atoms with E-state index in [-0.39, 0.29) is 11.9 Å². The van der Waals surface area contributed by atoms with E-state index in [0.29, 0.717) is 12.4 Å². The summed E-state index contributed by atoms with van der Waals surface area (Å²) in [5, 5.41) is 9.84. The van der Waals surface area contributed by atoms with Gasteiger partial charge in [0.2, 0.25) is 0 Å². The van der Waals surface area contributed by atoms with Gasteiger partial charge >= 0.3 is 0 Å². The molecule has 0 bridgehead atoms. The van der Waals surface area contributed by atoms with Crippen molar-refractivity contribution in [2.24, 2.45) is 0 Å². The van der Waals surface area contributed by atoms with Gasteiger partial charge in [0.15, 0.2) is 5.82 Å². The van der Waals surface area contributed by atoms with Gasteiger partial charge in [0.25, 0.3) is 11.8 Å². The molecule has 0 spiro atoms. The third-order valence-electron chi connectivity index (χ3n) is 6.39. The number of rotatable bonds is 7.